The molecule has 2 aromatic carbocycles. The summed E-state index contributed by atoms with van der Waals surface area (Å²) in [4.78, 5) is 25.9. The number of hydrogen-bond acceptors (Lipinski definition) is 4. The van der Waals surface area contributed by atoms with Crippen molar-refractivity contribution in [2.45, 2.75) is 11.7 Å². The van der Waals surface area contributed by atoms with E-state index in [4.69, 9.17) is 0 Å². The van der Waals surface area contributed by atoms with E-state index >= 15 is 0 Å². The average Bonchev–Trinajstić information content (AvgIpc) is 3.07. The number of benzene rings is 2. The van der Waals surface area contributed by atoms with E-state index in [9.17, 15) is 9.59 Å². The minimum Gasteiger partial charge on any atom is -0.324 e. The lowest BCUT2D eigenvalue weighted by molar-refractivity contribution is -0.117. The zero-order valence-corrected chi connectivity index (χ0v) is 17.2. The fourth-order valence-corrected chi connectivity index (χ4v) is 5.57. The Hall–Kier alpha value is -2.58. The van der Waals surface area contributed by atoms with Crippen LogP contribution in [0.2, 0.25) is 0 Å². The highest BCUT2D eigenvalue weighted by atomic mass is 79.9. The third-order valence-electron chi connectivity index (χ3n) is 5.02. The number of carbonyl (C=O) groups excluding carboxylic acids is 2. The molecule has 1 spiro atoms. The van der Waals surface area contributed by atoms with Crippen molar-refractivity contribution in [1.29, 1.82) is 0 Å². The van der Waals surface area contributed by atoms with E-state index in [-0.39, 0.29) is 17.6 Å². The minimum absolute atomic E-state index is 0.154. The molecule has 1 unspecified atom stereocenters. The summed E-state index contributed by atoms with van der Waals surface area (Å²) in [5.74, 6) is 0.411. The second-order valence-electron chi connectivity index (χ2n) is 6.72. The van der Waals surface area contributed by atoms with Gasteiger partial charge in [0.25, 0.3) is 0 Å². The van der Waals surface area contributed by atoms with Crippen LogP contribution in [0.5, 0.6) is 0 Å². The number of anilines is 2. The summed E-state index contributed by atoms with van der Waals surface area (Å²) in [5, 5.41) is 10.7. The fraction of sp³-hybridized carbons (Fsp3) is 0.150. The van der Waals surface area contributed by atoms with Gasteiger partial charge in [-0.25, -0.2) is 4.68 Å². The highest BCUT2D eigenvalue weighted by Gasteiger charge is 2.54. The van der Waals surface area contributed by atoms with E-state index in [1.165, 1.54) is 11.8 Å². The van der Waals surface area contributed by atoms with Crippen LogP contribution < -0.4 is 10.6 Å². The van der Waals surface area contributed by atoms with Crippen LogP contribution >= 0.6 is 27.7 Å². The number of amides is 2. The highest BCUT2D eigenvalue weighted by Crippen LogP contribution is 2.55. The van der Waals surface area contributed by atoms with Gasteiger partial charge in [-0.05, 0) is 31.2 Å². The van der Waals surface area contributed by atoms with Gasteiger partial charge in [0, 0.05) is 21.3 Å². The summed E-state index contributed by atoms with van der Waals surface area (Å²) in [6.07, 6.45) is 0. The molecule has 0 aliphatic carbocycles. The number of nitrogens with zero attached hydrogens (tertiary/aromatic N) is 2. The Bertz CT molecular complexity index is 1140. The van der Waals surface area contributed by atoms with Crippen molar-refractivity contribution in [2.75, 3.05) is 16.4 Å². The fourth-order valence-electron chi connectivity index (χ4n) is 3.89. The van der Waals surface area contributed by atoms with E-state index in [1.807, 2.05) is 55.5 Å². The quantitative estimate of drug-likeness (QED) is 0.585. The van der Waals surface area contributed by atoms with Crippen LogP contribution in [0.15, 0.2) is 53.0 Å². The largest absolute Gasteiger partial charge is 0.324 e. The van der Waals surface area contributed by atoms with E-state index in [2.05, 4.69) is 31.7 Å². The molecule has 1 aromatic heterocycles. The SMILES string of the molecule is Cc1nn(-c2ccccc2)c2c1C1(SCC(=O)N2)C(=O)Nc2cc(Br)ccc21. The molecule has 3 heterocycles. The van der Waals surface area contributed by atoms with Crippen molar-refractivity contribution in [1.82, 2.24) is 9.78 Å². The predicted octanol–water partition coefficient (Wildman–Crippen LogP) is 3.82. The number of aryl methyl sites for hydroxylation is 1. The van der Waals surface area contributed by atoms with Gasteiger partial charge in [-0.3, -0.25) is 9.59 Å². The second kappa shape index (κ2) is 6.22. The number of halogens is 1. The van der Waals surface area contributed by atoms with E-state index in [0.29, 0.717) is 11.5 Å². The second-order valence-corrected chi connectivity index (χ2v) is 8.82. The molecule has 2 amide bonds. The molecule has 28 heavy (non-hydrogen) atoms. The van der Waals surface area contributed by atoms with Crippen molar-refractivity contribution in [2.24, 2.45) is 0 Å². The number of hydrogen-bond donors (Lipinski definition) is 2. The summed E-state index contributed by atoms with van der Waals surface area (Å²) >= 11 is 4.79. The van der Waals surface area contributed by atoms with Gasteiger partial charge in [-0.1, -0.05) is 40.2 Å². The Morgan fingerprint density at radius 1 is 1.14 bits per heavy atom. The van der Waals surface area contributed by atoms with Gasteiger partial charge in [-0.15, -0.1) is 11.8 Å². The van der Waals surface area contributed by atoms with Gasteiger partial charge in [0.05, 0.1) is 17.1 Å². The Kier molecular flexibility index (Phi) is 3.89. The number of rotatable bonds is 1. The van der Waals surface area contributed by atoms with E-state index in [1.54, 1.807) is 4.68 Å². The van der Waals surface area contributed by atoms with Gasteiger partial charge in [0.15, 0.2) is 4.75 Å². The molecule has 0 fully saturated rings. The molecule has 6 nitrogen and oxygen atoms in total. The molecule has 1 atom stereocenters. The van der Waals surface area contributed by atoms with Crippen LogP contribution in [0.3, 0.4) is 0 Å². The Labute approximate surface area is 173 Å². The number of nitrogens with one attached hydrogen (secondary N) is 2. The summed E-state index contributed by atoms with van der Waals surface area (Å²) in [6, 6.07) is 15.3. The van der Waals surface area contributed by atoms with Crippen molar-refractivity contribution in [3.8, 4) is 5.69 Å². The lowest BCUT2D eigenvalue weighted by Crippen LogP contribution is -2.33. The first-order valence-corrected chi connectivity index (χ1v) is 10.5. The molecule has 3 aromatic rings. The first-order chi connectivity index (χ1) is 13.5. The molecule has 0 radical (unpaired) electrons. The van der Waals surface area contributed by atoms with Crippen molar-refractivity contribution in [3.63, 3.8) is 0 Å². The molecule has 0 saturated carbocycles. The number of thioether (sulfide) groups is 1. The summed E-state index contributed by atoms with van der Waals surface area (Å²) in [5.41, 5.74) is 3.85. The summed E-state index contributed by atoms with van der Waals surface area (Å²) in [7, 11) is 0. The van der Waals surface area contributed by atoms with Gasteiger partial charge in [0.2, 0.25) is 11.8 Å². The van der Waals surface area contributed by atoms with Crippen molar-refractivity contribution in [3.05, 3.63) is 69.8 Å². The zero-order valence-electron chi connectivity index (χ0n) is 14.8. The smallest absolute Gasteiger partial charge is 0.250 e. The molecule has 2 N–H and O–H groups in total. The number of aromatic nitrogens is 2. The maximum absolute atomic E-state index is 13.3. The monoisotopic (exact) mass is 454 g/mol. The highest BCUT2D eigenvalue weighted by molar-refractivity contribution is 9.10. The summed E-state index contributed by atoms with van der Waals surface area (Å²) in [6.45, 7) is 1.88. The molecule has 8 heteroatoms. The van der Waals surface area contributed by atoms with Gasteiger partial charge >= 0.3 is 0 Å². The van der Waals surface area contributed by atoms with Crippen molar-refractivity contribution >= 4 is 51.0 Å². The number of carbonyl (C=O) groups is 2. The summed E-state index contributed by atoms with van der Waals surface area (Å²) < 4.78 is 1.57. The molecule has 140 valence electrons. The van der Waals surface area contributed by atoms with Gasteiger partial charge in [0.1, 0.15) is 5.82 Å². The first kappa shape index (κ1) is 17.5. The lowest BCUT2D eigenvalue weighted by Gasteiger charge is -2.25. The van der Waals surface area contributed by atoms with E-state index in [0.717, 1.165) is 27.0 Å². The standard InChI is InChI=1S/C20H15BrN4O2S/c1-11-17-18(25(24-11)13-5-3-2-4-6-13)23-16(26)10-28-20(17)14-8-7-12(21)9-15(14)22-19(20)27/h2-9H,10H2,1H3,(H,22,27)(H,23,26). The molecule has 0 saturated heterocycles. The maximum atomic E-state index is 13.3. The molecule has 2 aliphatic rings. The van der Waals surface area contributed by atoms with Crippen LogP contribution in [0.1, 0.15) is 16.8 Å². The van der Waals surface area contributed by atoms with E-state index < -0.39 is 4.75 Å². The molecule has 5 rings (SSSR count). The molecule has 0 bridgehead atoms. The Morgan fingerprint density at radius 3 is 2.71 bits per heavy atom. The van der Waals surface area contributed by atoms with Gasteiger partial charge < -0.3 is 10.6 Å². The third-order valence-corrected chi connectivity index (χ3v) is 6.96. The van der Waals surface area contributed by atoms with Crippen LogP contribution in [-0.2, 0) is 14.3 Å². The molecular formula is C20H15BrN4O2S. The molecular weight excluding hydrogens is 440 g/mol. The number of fused-ring (bicyclic) bond motifs is 4. The third kappa shape index (κ3) is 2.37. The van der Waals surface area contributed by atoms with Crippen molar-refractivity contribution < 1.29 is 9.59 Å². The maximum Gasteiger partial charge on any atom is 0.250 e. The van der Waals surface area contributed by atoms with Crippen LogP contribution in [0.4, 0.5) is 11.5 Å². The Morgan fingerprint density at radius 2 is 1.93 bits per heavy atom. The first-order valence-electron chi connectivity index (χ1n) is 8.71. The Balaban J connectivity index is 1.82. The van der Waals surface area contributed by atoms with Crippen LogP contribution in [-0.4, -0.2) is 27.3 Å². The minimum atomic E-state index is -1.03. The van der Waals surface area contributed by atoms with Gasteiger partial charge in [-0.2, -0.15) is 5.10 Å². The lowest BCUT2D eigenvalue weighted by atomic mass is 9.91. The topological polar surface area (TPSA) is 76.0 Å². The predicted molar refractivity (Wildman–Crippen MR) is 113 cm³/mol. The average molecular weight is 455 g/mol. The molecule has 2 aliphatic heterocycles. The van der Waals surface area contributed by atoms with Crippen LogP contribution in [0, 0.1) is 6.92 Å². The zero-order chi connectivity index (χ0) is 19.5. The van der Waals surface area contributed by atoms with Crippen LogP contribution in [0.25, 0.3) is 5.69 Å². The normalized spacial score (nSPS) is 20.4. The number of para-hydroxylation sites is 1.